The quantitative estimate of drug-likeness (QED) is 0.821. The van der Waals surface area contributed by atoms with E-state index < -0.39 is 0 Å². The number of anilines is 1. The van der Waals surface area contributed by atoms with Crippen LogP contribution in [0.1, 0.15) is 5.69 Å². The lowest BCUT2D eigenvalue weighted by Crippen LogP contribution is -1.84. The predicted molar refractivity (Wildman–Crippen MR) is 63.8 cm³/mol. The highest BCUT2D eigenvalue weighted by molar-refractivity contribution is 14.1. The molecule has 74 valence electrons. The number of benzene rings is 1. The van der Waals surface area contributed by atoms with Crippen molar-refractivity contribution < 1.29 is 4.42 Å². The van der Waals surface area contributed by atoms with Gasteiger partial charge in [-0.05, 0) is 46.9 Å². The zero-order valence-electron chi connectivity index (χ0n) is 7.57. The van der Waals surface area contributed by atoms with E-state index in [0.29, 0.717) is 5.89 Å². The van der Waals surface area contributed by atoms with Crippen molar-refractivity contribution in [1.82, 2.24) is 4.98 Å². The van der Waals surface area contributed by atoms with Crippen LogP contribution < -0.4 is 5.73 Å². The zero-order valence-corrected chi connectivity index (χ0v) is 9.72. The molecule has 15 heavy (non-hydrogen) atoms. The number of nitrogen functional groups attached to an aromatic ring is 1. The van der Waals surface area contributed by atoms with Crippen molar-refractivity contribution in [2.24, 2.45) is 0 Å². The lowest BCUT2D eigenvalue weighted by Gasteiger charge is -1.94. The van der Waals surface area contributed by atoms with Crippen LogP contribution in [0.15, 0.2) is 28.7 Å². The highest BCUT2D eigenvalue weighted by Gasteiger charge is 2.10. The molecule has 2 N–H and O–H groups in total. The van der Waals surface area contributed by atoms with E-state index in [1.165, 1.54) is 0 Å². The fraction of sp³-hybridized carbons (Fsp3) is 0. The van der Waals surface area contributed by atoms with Gasteiger partial charge < -0.3 is 10.2 Å². The molecule has 0 amide bonds. The van der Waals surface area contributed by atoms with Crippen molar-refractivity contribution in [3.63, 3.8) is 0 Å². The molecule has 0 aliphatic heterocycles. The smallest absolute Gasteiger partial charge is 0.230 e. The molecule has 0 spiro atoms. The van der Waals surface area contributed by atoms with Crippen molar-refractivity contribution in [2.45, 2.75) is 0 Å². The van der Waals surface area contributed by atoms with Crippen LogP contribution in [0.25, 0.3) is 11.5 Å². The molecule has 0 aliphatic carbocycles. The Bertz CT molecular complexity index is 525. The van der Waals surface area contributed by atoms with Gasteiger partial charge in [0.1, 0.15) is 6.07 Å². The Morgan fingerprint density at radius 2 is 2.00 bits per heavy atom. The third-order valence-electron chi connectivity index (χ3n) is 1.85. The van der Waals surface area contributed by atoms with Gasteiger partial charge in [0, 0.05) is 9.13 Å². The highest BCUT2D eigenvalue weighted by atomic mass is 127. The normalized spacial score (nSPS) is 9.87. The van der Waals surface area contributed by atoms with Crippen molar-refractivity contribution in [1.29, 1.82) is 5.26 Å². The number of nitriles is 1. The topological polar surface area (TPSA) is 75.8 Å². The highest BCUT2D eigenvalue weighted by Crippen LogP contribution is 2.23. The lowest BCUT2D eigenvalue weighted by molar-refractivity contribution is 0.593. The second-order valence-electron chi connectivity index (χ2n) is 2.85. The van der Waals surface area contributed by atoms with Gasteiger partial charge in [0.2, 0.25) is 17.5 Å². The van der Waals surface area contributed by atoms with Crippen LogP contribution in [0, 0.1) is 14.9 Å². The molecule has 0 aliphatic rings. The van der Waals surface area contributed by atoms with E-state index in [9.17, 15) is 0 Å². The van der Waals surface area contributed by atoms with E-state index in [1.54, 1.807) is 0 Å². The van der Waals surface area contributed by atoms with Crippen molar-refractivity contribution in [3.05, 3.63) is 33.5 Å². The van der Waals surface area contributed by atoms with Gasteiger partial charge >= 0.3 is 0 Å². The molecule has 0 radical (unpaired) electrons. The van der Waals surface area contributed by atoms with E-state index in [-0.39, 0.29) is 11.6 Å². The minimum absolute atomic E-state index is 0.0612. The standard InChI is InChI=1S/C10H6IN3O/c11-7-3-1-6(2-4-7)10-14-8(5-12)9(13)15-10/h1-4H,13H2. The number of hydrogen-bond donors (Lipinski definition) is 1. The summed E-state index contributed by atoms with van der Waals surface area (Å²) in [7, 11) is 0. The number of halogens is 1. The van der Waals surface area contributed by atoms with Gasteiger partial charge in [-0.1, -0.05) is 0 Å². The summed E-state index contributed by atoms with van der Waals surface area (Å²) in [6.07, 6.45) is 0. The summed E-state index contributed by atoms with van der Waals surface area (Å²) in [6, 6.07) is 9.47. The Balaban J connectivity index is 2.46. The minimum Gasteiger partial charge on any atom is -0.419 e. The van der Waals surface area contributed by atoms with Gasteiger partial charge in [0.25, 0.3) is 0 Å². The number of rotatable bonds is 1. The molecule has 0 saturated heterocycles. The molecular weight excluding hydrogens is 305 g/mol. The fourth-order valence-corrected chi connectivity index (χ4v) is 1.49. The van der Waals surface area contributed by atoms with Gasteiger partial charge in [0.05, 0.1) is 0 Å². The number of hydrogen-bond acceptors (Lipinski definition) is 4. The summed E-state index contributed by atoms with van der Waals surface area (Å²) >= 11 is 2.21. The second kappa shape index (κ2) is 3.90. The summed E-state index contributed by atoms with van der Waals surface area (Å²) in [5.74, 6) is 0.437. The van der Waals surface area contributed by atoms with Crippen molar-refractivity contribution in [2.75, 3.05) is 5.73 Å². The van der Waals surface area contributed by atoms with E-state index in [2.05, 4.69) is 27.6 Å². The molecule has 2 rings (SSSR count). The number of oxazole rings is 1. The Morgan fingerprint density at radius 3 is 2.53 bits per heavy atom. The molecule has 2 aromatic rings. The summed E-state index contributed by atoms with van der Waals surface area (Å²) in [4.78, 5) is 3.97. The number of aromatic nitrogens is 1. The van der Waals surface area contributed by atoms with Gasteiger partial charge in [-0.25, -0.2) is 0 Å². The van der Waals surface area contributed by atoms with Crippen LogP contribution in [-0.2, 0) is 0 Å². The second-order valence-corrected chi connectivity index (χ2v) is 4.10. The molecule has 0 bridgehead atoms. The first kappa shape index (κ1) is 9.98. The molecule has 1 aromatic carbocycles. The maximum atomic E-state index is 8.67. The summed E-state index contributed by atoms with van der Waals surface area (Å²) in [5, 5.41) is 8.67. The van der Waals surface area contributed by atoms with Gasteiger partial charge in [-0.3, -0.25) is 0 Å². The predicted octanol–water partition coefficient (Wildman–Crippen LogP) is 2.40. The molecule has 0 atom stereocenters. The summed E-state index contributed by atoms with van der Waals surface area (Å²) in [5.41, 5.74) is 6.40. The van der Waals surface area contributed by atoms with Crippen LogP contribution in [0.3, 0.4) is 0 Å². The van der Waals surface area contributed by atoms with Crippen molar-refractivity contribution in [3.8, 4) is 17.5 Å². The molecule has 5 heteroatoms. The fourth-order valence-electron chi connectivity index (χ4n) is 1.13. The van der Waals surface area contributed by atoms with E-state index in [0.717, 1.165) is 9.13 Å². The van der Waals surface area contributed by atoms with Gasteiger partial charge in [0.15, 0.2) is 0 Å². The molecular formula is C10H6IN3O. The van der Waals surface area contributed by atoms with Crippen LogP contribution in [0.2, 0.25) is 0 Å². The van der Waals surface area contributed by atoms with E-state index >= 15 is 0 Å². The van der Waals surface area contributed by atoms with Crippen LogP contribution in [0.4, 0.5) is 5.88 Å². The Labute approximate surface area is 99.9 Å². The molecule has 4 nitrogen and oxygen atoms in total. The van der Waals surface area contributed by atoms with Crippen LogP contribution >= 0.6 is 22.6 Å². The van der Waals surface area contributed by atoms with Crippen LogP contribution in [0.5, 0.6) is 0 Å². The Kier molecular flexibility index (Phi) is 2.60. The summed E-state index contributed by atoms with van der Waals surface area (Å²) in [6.45, 7) is 0. The third-order valence-corrected chi connectivity index (χ3v) is 2.57. The van der Waals surface area contributed by atoms with Crippen molar-refractivity contribution >= 4 is 28.5 Å². The van der Waals surface area contributed by atoms with Crippen LogP contribution in [-0.4, -0.2) is 4.98 Å². The average molecular weight is 311 g/mol. The van der Waals surface area contributed by atoms with Gasteiger partial charge in [-0.2, -0.15) is 10.2 Å². The van der Waals surface area contributed by atoms with E-state index in [1.807, 2.05) is 30.3 Å². The lowest BCUT2D eigenvalue weighted by atomic mass is 10.2. The Morgan fingerprint density at radius 1 is 1.33 bits per heavy atom. The molecule has 0 fully saturated rings. The SMILES string of the molecule is N#Cc1nc(-c2ccc(I)cc2)oc1N. The molecule has 0 unspecified atom stereocenters. The third kappa shape index (κ3) is 1.94. The number of nitrogens with two attached hydrogens (primary N) is 1. The van der Waals surface area contributed by atoms with E-state index in [4.69, 9.17) is 15.4 Å². The maximum absolute atomic E-state index is 8.67. The maximum Gasteiger partial charge on any atom is 0.230 e. The first-order valence-corrected chi connectivity index (χ1v) is 5.21. The minimum atomic E-state index is 0.0612. The number of nitrogens with zero attached hydrogens (tertiary/aromatic N) is 2. The molecule has 0 saturated carbocycles. The monoisotopic (exact) mass is 311 g/mol. The summed E-state index contributed by atoms with van der Waals surface area (Å²) < 4.78 is 6.29. The molecule has 1 heterocycles. The van der Waals surface area contributed by atoms with Gasteiger partial charge in [-0.15, -0.1) is 0 Å². The average Bonchev–Trinajstić information content (AvgIpc) is 2.61. The first-order valence-electron chi connectivity index (χ1n) is 4.13. The zero-order chi connectivity index (χ0) is 10.8. The largest absolute Gasteiger partial charge is 0.419 e. The first-order chi connectivity index (χ1) is 7.20. The Hall–Kier alpha value is -1.55. The molecule has 1 aromatic heterocycles.